The van der Waals surface area contributed by atoms with Crippen LogP contribution in [0.5, 0.6) is 0 Å². The van der Waals surface area contributed by atoms with E-state index in [9.17, 15) is 9.59 Å². The highest BCUT2D eigenvalue weighted by Crippen LogP contribution is 2.21. The van der Waals surface area contributed by atoms with Crippen LogP contribution in [-0.4, -0.2) is 16.9 Å². The molecule has 0 atom stereocenters. The predicted molar refractivity (Wildman–Crippen MR) is 57.5 cm³/mol. The monoisotopic (exact) mass is 206 g/mol. The van der Waals surface area contributed by atoms with Crippen molar-refractivity contribution in [3.05, 3.63) is 34.9 Å². The second-order valence-corrected chi connectivity index (χ2v) is 3.42. The molecule has 0 aromatic rings. The zero-order chi connectivity index (χ0) is 11.4. The number of carbonyl (C=O) groups excluding carboxylic acids is 1. The van der Waals surface area contributed by atoms with E-state index in [2.05, 4.69) is 0 Å². The fourth-order valence-electron chi connectivity index (χ4n) is 1.57. The number of Topliss-reactive ketones (excluding diaryl/α,β-unsaturated/α-hetero) is 1. The third kappa shape index (κ3) is 2.43. The second kappa shape index (κ2) is 4.73. The SMILES string of the molecule is C/C=C(/C(=O)O)C(=O)C1=CCCC=C1C. The van der Waals surface area contributed by atoms with Crippen molar-refractivity contribution < 1.29 is 14.7 Å². The lowest BCUT2D eigenvalue weighted by molar-refractivity contribution is -0.134. The number of carbonyl (C=O) groups is 2. The van der Waals surface area contributed by atoms with Crippen molar-refractivity contribution in [2.24, 2.45) is 0 Å². The van der Waals surface area contributed by atoms with E-state index in [1.54, 1.807) is 6.92 Å². The van der Waals surface area contributed by atoms with Crippen LogP contribution in [0.15, 0.2) is 34.9 Å². The summed E-state index contributed by atoms with van der Waals surface area (Å²) >= 11 is 0. The molecule has 0 fully saturated rings. The molecule has 0 radical (unpaired) electrons. The molecule has 0 aromatic heterocycles. The highest BCUT2D eigenvalue weighted by molar-refractivity contribution is 6.24. The highest BCUT2D eigenvalue weighted by atomic mass is 16.4. The molecule has 1 aliphatic rings. The molecular formula is C12H14O3. The van der Waals surface area contributed by atoms with Gasteiger partial charge in [0.25, 0.3) is 0 Å². The zero-order valence-corrected chi connectivity index (χ0v) is 8.91. The van der Waals surface area contributed by atoms with Crippen molar-refractivity contribution in [1.82, 2.24) is 0 Å². The van der Waals surface area contributed by atoms with Crippen molar-refractivity contribution in [3.8, 4) is 0 Å². The fraction of sp³-hybridized carbons (Fsp3) is 0.333. The van der Waals surface area contributed by atoms with Gasteiger partial charge in [-0.2, -0.15) is 0 Å². The van der Waals surface area contributed by atoms with Crippen molar-refractivity contribution in [2.75, 3.05) is 0 Å². The number of carboxylic acids is 1. The Morgan fingerprint density at radius 2 is 1.93 bits per heavy atom. The van der Waals surface area contributed by atoms with Gasteiger partial charge in [0, 0.05) is 5.57 Å². The minimum atomic E-state index is -1.17. The molecule has 0 saturated carbocycles. The summed E-state index contributed by atoms with van der Waals surface area (Å²) in [6.07, 6.45) is 6.83. The van der Waals surface area contributed by atoms with E-state index >= 15 is 0 Å². The fourth-order valence-corrected chi connectivity index (χ4v) is 1.57. The minimum Gasteiger partial charge on any atom is -0.478 e. The van der Waals surface area contributed by atoms with E-state index in [0.717, 1.165) is 18.4 Å². The van der Waals surface area contributed by atoms with Gasteiger partial charge in [0.05, 0.1) is 0 Å². The molecule has 1 N–H and O–H groups in total. The predicted octanol–water partition coefficient (Wildman–Crippen LogP) is 2.25. The van der Waals surface area contributed by atoms with Crippen molar-refractivity contribution in [3.63, 3.8) is 0 Å². The maximum absolute atomic E-state index is 11.8. The van der Waals surface area contributed by atoms with Crippen LogP contribution in [0.25, 0.3) is 0 Å². The summed E-state index contributed by atoms with van der Waals surface area (Å²) in [5, 5.41) is 8.82. The largest absolute Gasteiger partial charge is 0.478 e. The average Bonchev–Trinajstić information content (AvgIpc) is 2.18. The van der Waals surface area contributed by atoms with Gasteiger partial charge in [-0.1, -0.05) is 18.2 Å². The Kier molecular flexibility index (Phi) is 3.61. The van der Waals surface area contributed by atoms with Gasteiger partial charge in [-0.15, -0.1) is 0 Å². The number of carboxylic acid groups (broad SMARTS) is 1. The summed E-state index contributed by atoms with van der Waals surface area (Å²) in [6.45, 7) is 3.39. The van der Waals surface area contributed by atoms with Crippen LogP contribution in [0.3, 0.4) is 0 Å². The summed E-state index contributed by atoms with van der Waals surface area (Å²) in [5.41, 5.74) is 1.24. The molecule has 0 amide bonds. The third-order valence-corrected chi connectivity index (χ3v) is 2.40. The quantitative estimate of drug-likeness (QED) is 0.437. The van der Waals surface area contributed by atoms with E-state index in [0.29, 0.717) is 5.57 Å². The van der Waals surface area contributed by atoms with Crippen LogP contribution in [0.1, 0.15) is 26.7 Å². The standard InChI is InChI=1S/C12H14O3/c1-3-9(12(14)15)11(13)10-7-5-4-6-8(10)2/h3,6-7H,4-5H2,1-2H3,(H,14,15)/b9-3+. The maximum Gasteiger partial charge on any atom is 0.339 e. The van der Waals surface area contributed by atoms with Gasteiger partial charge >= 0.3 is 5.97 Å². The minimum absolute atomic E-state index is 0.157. The molecule has 80 valence electrons. The molecule has 0 unspecified atom stereocenters. The van der Waals surface area contributed by atoms with Crippen molar-refractivity contribution >= 4 is 11.8 Å². The number of ketones is 1. The zero-order valence-electron chi connectivity index (χ0n) is 8.91. The van der Waals surface area contributed by atoms with Crippen LogP contribution < -0.4 is 0 Å². The molecule has 1 rings (SSSR count). The van der Waals surface area contributed by atoms with Gasteiger partial charge in [-0.25, -0.2) is 4.79 Å². The number of hydrogen-bond acceptors (Lipinski definition) is 2. The summed E-state index contributed by atoms with van der Waals surface area (Å²) < 4.78 is 0. The number of rotatable bonds is 3. The van der Waals surface area contributed by atoms with Gasteiger partial charge in [0.15, 0.2) is 5.78 Å². The molecule has 0 heterocycles. The first-order valence-corrected chi connectivity index (χ1v) is 4.89. The summed E-state index contributed by atoms with van der Waals surface area (Å²) in [6, 6.07) is 0. The Hall–Kier alpha value is -1.64. The van der Waals surface area contributed by atoms with Crippen molar-refractivity contribution in [1.29, 1.82) is 0 Å². The normalized spacial score (nSPS) is 16.8. The number of hydrogen-bond donors (Lipinski definition) is 1. The molecule has 0 bridgehead atoms. The topological polar surface area (TPSA) is 54.4 Å². The number of allylic oxidation sites excluding steroid dienone is 5. The smallest absolute Gasteiger partial charge is 0.339 e. The Morgan fingerprint density at radius 3 is 2.40 bits per heavy atom. The first kappa shape index (κ1) is 11.4. The Bertz CT molecular complexity index is 384. The molecular weight excluding hydrogens is 192 g/mol. The summed E-state index contributed by atoms with van der Waals surface area (Å²) in [4.78, 5) is 22.6. The maximum atomic E-state index is 11.8. The molecule has 3 heteroatoms. The molecule has 0 aliphatic heterocycles. The van der Waals surface area contributed by atoms with Crippen LogP contribution in [-0.2, 0) is 9.59 Å². The van der Waals surface area contributed by atoms with Crippen LogP contribution in [0.2, 0.25) is 0 Å². The van der Waals surface area contributed by atoms with Gasteiger partial charge in [0.1, 0.15) is 5.57 Å². The first-order valence-electron chi connectivity index (χ1n) is 4.89. The van der Waals surface area contributed by atoms with Crippen molar-refractivity contribution in [2.45, 2.75) is 26.7 Å². The molecule has 0 spiro atoms. The lowest BCUT2D eigenvalue weighted by Gasteiger charge is -2.11. The summed E-state index contributed by atoms with van der Waals surface area (Å²) in [5.74, 6) is -1.56. The summed E-state index contributed by atoms with van der Waals surface area (Å²) in [7, 11) is 0. The van der Waals surface area contributed by atoms with E-state index in [1.165, 1.54) is 6.08 Å². The first-order chi connectivity index (χ1) is 7.07. The lowest BCUT2D eigenvalue weighted by Crippen LogP contribution is -2.15. The second-order valence-electron chi connectivity index (χ2n) is 3.42. The Morgan fingerprint density at radius 1 is 1.33 bits per heavy atom. The molecule has 3 nitrogen and oxygen atoms in total. The number of aliphatic carboxylic acids is 1. The van der Waals surface area contributed by atoms with E-state index in [-0.39, 0.29) is 5.57 Å². The molecule has 15 heavy (non-hydrogen) atoms. The van der Waals surface area contributed by atoms with Gasteiger partial charge < -0.3 is 5.11 Å². The van der Waals surface area contributed by atoms with Gasteiger partial charge in [-0.3, -0.25) is 4.79 Å². The van der Waals surface area contributed by atoms with Crippen LogP contribution in [0.4, 0.5) is 0 Å². The van der Waals surface area contributed by atoms with E-state index in [1.807, 2.05) is 19.1 Å². The molecule has 0 saturated heterocycles. The van der Waals surface area contributed by atoms with Gasteiger partial charge in [-0.05, 0) is 32.3 Å². The van der Waals surface area contributed by atoms with Crippen LogP contribution in [0, 0.1) is 0 Å². The molecule has 1 aliphatic carbocycles. The molecule has 0 aromatic carbocycles. The van der Waals surface area contributed by atoms with E-state index < -0.39 is 11.8 Å². The van der Waals surface area contributed by atoms with Gasteiger partial charge in [0.2, 0.25) is 0 Å². The van der Waals surface area contributed by atoms with Crippen LogP contribution >= 0.6 is 0 Å². The Labute approximate surface area is 88.8 Å². The average molecular weight is 206 g/mol. The highest BCUT2D eigenvalue weighted by Gasteiger charge is 2.21. The lowest BCUT2D eigenvalue weighted by atomic mass is 9.92. The Balaban J connectivity index is 2.99. The third-order valence-electron chi connectivity index (χ3n) is 2.40. The van der Waals surface area contributed by atoms with E-state index in [4.69, 9.17) is 5.11 Å².